The first-order valence-corrected chi connectivity index (χ1v) is 10.7. The van der Waals surface area contributed by atoms with Crippen LogP contribution >= 0.6 is 0 Å². The molecule has 0 aliphatic carbocycles. The Balaban J connectivity index is 2.14. The molecule has 1 saturated heterocycles. The number of para-hydroxylation sites is 1. The molecule has 3 rings (SSSR count). The number of hydrogen-bond donors (Lipinski definition) is 3. The van der Waals surface area contributed by atoms with Gasteiger partial charge in [-0.3, -0.25) is 4.79 Å². The summed E-state index contributed by atoms with van der Waals surface area (Å²) in [5, 5.41) is 11.8. The number of ether oxygens (including phenoxy) is 1. The first-order chi connectivity index (χ1) is 13.4. The quantitative estimate of drug-likeness (QED) is 0.678. The van der Waals surface area contributed by atoms with E-state index in [0.717, 1.165) is 0 Å². The number of benzene rings is 2. The molecule has 1 amide bonds. The van der Waals surface area contributed by atoms with Gasteiger partial charge in [0, 0.05) is 5.92 Å². The fourth-order valence-corrected chi connectivity index (χ4v) is 5.26. The predicted octanol–water partition coefficient (Wildman–Crippen LogP) is 1.57. The van der Waals surface area contributed by atoms with Gasteiger partial charge in [-0.15, -0.1) is 0 Å². The molecule has 1 unspecified atom stereocenters. The number of primary sulfonamides is 1. The van der Waals surface area contributed by atoms with E-state index in [9.17, 15) is 13.2 Å². The van der Waals surface area contributed by atoms with Crippen LogP contribution in [0.4, 0.5) is 0 Å². The van der Waals surface area contributed by atoms with Crippen molar-refractivity contribution in [2.75, 3.05) is 20.2 Å². The van der Waals surface area contributed by atoms with Crippen LogP contribution < -0.4 is 20.5 Å². The first kappa shape index (κ1) is 20.3. The third-order valence-corrected chi connectivity index (χ3v) is 6.78. The van der Waals surface area contributed by atoms with Crippen molar-refractivity contribution in [3.63, 3.8) is 0 Å². The van der Waals surface area contributed by atoms with Gasteiger partial charge in [0.2, 0.25) is 10.0 Å². The van der Waals surface area contributed by atoms with E-state index in [0.29, 0.717) is 37.2 Å². The third kappa shape index (κ3) is 3.76. The molecule has 2 aromatic carbocycles. The van der Waals surface area contributed by atoms with Crippen molar-refractivity contribution in [3.05, 3.63) is 65.7 Å². The Morgan fingerprint density at radius 1 is 1.11 bits per heavy atom. The van der Waals surface area contributed by atoms with Crippen LogP contribution in [0.2, 0.25) is 0 Å². The number of sulfonamides is 1. The summed E-state index contributed by atoms with van der Waals surface area (Å²) in [5.41, 5.74) is 0.704. The monoisotopic (exact) mass is 403 g/mol. The number of rotatable bonds is 6. The molecule has 1 heterocycles. The van der Waals surface area contributed by atoms with E-state index in [-0.39, 0.29) is 11.5 Å². The highest BCUT2D eigenvalue weighted by molar-refractivity contribution is 7.90. The number of carbonyl (C=O) groups is 1. The second-order valence-corrected chi connectivity index (χ2v) is 8.56. The number of nitrogens with two attached hydrogens (primary N) is 1. The Labute approximate surface area is 165 Å². The van der Waals surface area contributed by atoms with E-state index in [4.69, 9.17) is 9.88 Å². The van der Waals surface area contributed by atoms with E-state index in [1.54, 1.807) is 54.6 Å². The molecule has 8 heteroatoms. The van der Waals surface area contributed by atoms with Crippen LogP contribution in [0.25, 0.3) is 0 Å². The number of amides is 1. The minimum absolute atomic E-state index is 0.253. The molecular weight excluding hydrogens is 378 g/mol. The Bertz CT molecular complexity index is 927. The van der Waals surface area contributed by atoms with E-state index in [2.05, 4.69) is 10.6 Å². The molecule has 2 aromatic rings. The van der Waals surface area contributed by atoms with Gasteiger partial charge in [-0.1, -0.05) is 42.5 Å². The summed E-state index contributed by atoms with van der Waals surface area (Å²) >= 11 is 0. The molecule has 1 aliphatic rings. The third-order valence-electron chi connectivity index (χ3n) is 5.22. The van der Waals surface area contributed by atoms with Crippen molar-refractivity contribution in [2.24, 2.45) is 11.1 Å². The smallest absolute Gasteiger partial charge is 0.256 e. The van der Waals surface area contributed by atoms with Crippen molar-refractivity contribution >= 4 is 15.9 Å². The predicted molar refractivity (Wildman–Crippen MR) is 107 cm³/mol. The van der Waals surface area contributed by atoms with Crippen LogP contribution in [0.1, 0.15) is 28.8 Å². The van der Waals surface area contributed by atoms with Gasteiger partial charge in [-0.05, 0) is 43.6 Å². The lowest BCUT2D eigenvalue weighted by molar-refractivity contribution is 0.0887. The highest BCUT2D eigenvalue weighted by Gasteiger charge is 2.51. The first-order valence-electron chi connectivity index (χ1n) is 9.14. The minimum atomic E-state index is -4.20. The molecule has 150 valence electrons. The van der Waals surface area contributed by atoms with E-state index in [1.165, 1.54) is 7.11 Å². The van der Waals surface area contributed by atoms with Gasteiger partial charge < -0.3 is 15.4 Å². The summed E-state index contributed by atoms with van der Waals surface area (Å²) in [7, 11) is -2.74. The highest BCUT2D eigenvalue weighted by atomic mass is 32.2. The van der Waals surface area contributed by atoms with Crippen LogP contribution in [-0.2, 0) is 14.9 Å². The molecule has 7 nitrogen and oxygen atoms in total. The van der Waals surface area contributed by atoms with Gasteiger partial charge in [0.15, 0.2) is 4.87 Å². The molecule has 28 heavy (non-hydrogen) atoms. The van der Waals surface area contributed by atoms with Crippen molar-refractivity contribution in [2.45, 2.75) is 17.7 Å². The maximum Gasteiger partial charge on any atom is 0.256 e. The number of methoxy groups -OCH3 is 1. The number of nitrogens with one attached hydrogen (secondary N) is 2. The normalized spacial score (nSPS) is 17.5. The summed E-state index contributed by atoms with van der Waals surface area (Å²) in [5.74, 6) is -0.555. The number of hydrogen-bond acceptors (Lipinski definition) is 5. The average Bonchev–Trinajstić information content (AvgIpc) is 2.72. The van der Waals surface area contributed by atoms with Gasteiger partial charge in [0.25, 0.3) is 5.91 Å². The zero-order valence-corrected chi connectivity index (χ0v) is 16.5. The Morgan fingerprint density at radius 2 is 1.71 bits per heavy atom. The molecule has 1 atom stereocenters. The molecule has 0 bridgehead atoms. The van der Waals surface area contributed by atoms with Crippen LogP contribution in [-0.4, -0.2) is 34.5 Å². The minimum Gasteiger partial charge on any atom is -0.496 e. The molecule has 0 aromatic heterocycles. The average molecular weight is 404 g/mol. The second-order valence-electron chi connectivity index (χ2n) is 6.83. The molecule has 0 spiro atoms. The zero-order valence-electron chi connectivity index (χ0n) is 15.7. The SMILES string of the molecule is COc1ccccc1C(=O)NC(c1ccccc1)(C1CCNCC1)S(N)(=O)=O. The molecule has 1 fully saturated rings. The van der Waals surface area contributed by atoms with E-state index >= 15 is 0 Å². The van der Waals surface area contributed by atoms with Crippen molar-refractivity contribution < 1.29 is 17.9 Å². The van der Waals surface area contributed by atoms with Crippen LogP contribution in [0.5, 0.6) is 5.75 Å². The zero-order chi connectivity index (χ0) is 20.2. The topological polar surface area (TPSA) is 111 Å². The maximum atomic E-state index is 13.2. The van der Waals surface area contributed by atoms with Gasteiger partial charge in [-0.2, -0.15) is 0 Å². The Morgan fingerprint density at radius 3 is 2.32 bits per heavy atom. The van der Waals surface area contributed by atoms with Gasteiger partial charge in [0.05, 0.1) is 12.7 Å². The van der Waals surface area contributed by atoms with Crippen molar-refractivity contribution in [3.8, 4) is 5.75 Å². The summed E-state index contributed by atoms with van der Waals surface area (Å²) < 4.78 is 31.2. The summed E-state index contributed by atoms with van der Waals surface area (Å²) in [6.45, 7) is 1.30. The second kappa shape index (κ2) is 8.30. The highest BCUT2D eigenvalue weighted by Crippen LogP contribution is 2.39. The lowest BCUT2D eigenvalue weighted by Crippen LogP contribution is -2.60. The number of piperidine rings is 1. The molecular formula is C20H25N3O4S. The fraction of sp³-hybridized carbons (Fsp3) is 0.350. The number of carbonyl (C=O) groups excluding carboxylic acids is 1. The fourth-order valence-electron chi connectivity index (χ4n) is 3.86. The summed E-state index contributed by atoms with van der Waals surface area (Å²) in [6.07, 6.45) is 1.13. The van der Waals surface area contributed by atoms with Crippen molar-refractivity contribution in [1.82, 2.24) is 10.6 Å². The van der Waals surface area contributed by atoms with Gasteiger partial charge in [0.1, 0.15) is 5.75 Å². The largest absolute Gasteiger partial charge is 0.496 e. The molecule has 4 N–H and O–H groups in total. The molecule has 0 radical (unpaired) electrons. The van der Waals surface area contributed by atoms with Crippen molar-refractivity contribution in [1.29, 1.82) is 0 Å². The van der Waals surface area contributed by atoms with Crippen LogP contribution in [0.15, 0.2) is 54.6 Å². The standard InChI is InChI=1S/C20H25N3O4S/c1-27-18-10-6-5-9-17(18)19(24)23-20(28(21,25)26,15-7-3-2-4-8-15)16-11-13-22-14-12-16/h2-10,16,22H,11-14H2,1H3,(H,23,24)(H2,21,25,26). The molecule has 0 saturated carbocycles. The lowest BCUT2D eigenvalue weighted by atomic mass is 9.85. The van der Waals surface area contributed by atoms with E-state index in [1.807, 2.05) is 0 Å². The summed E-state index contributed by atoms with van der Waals surface area (Å²) in [6, 6.07) is 15.3. The lowest BCUT2D eigenvalue weighted by Gasteiger charge is -2.41. The van der Waals surface area contributed by atoms with Gasteiger partial charge >= 0.3 is 0 Å². The van der Waals surface area contributed by atoms with Crippen LogP contribution in [0.3, 0.4) is 0 Å². The maximum absolute atomic E-state index is 13.2. The Kier molecular flexibility index (Phi) is 6.02. The van der Waals surface area contributed by atoms with Gasteiger partial charge in [-0.25, -0.2) is 13.6 Å². The Hall–Kier alpha value is -2.42. The molecule has 1 aliphatic heterocycles. The van der Waals surface area contributed by atoms with E-state index < -0.39 is 20.8 Å². The summed E-state index contributed by atoms with van der Waals surface area (Å²) in [4.78, 5) is 11.4. The van der Waals surface area contributed by atoms with Crippen LogP contribution in [0, 0.1) is 5.92 Å².